The number of hydrogen-bond acceptors (Lipinski definition) is 3. The van der Waals surface area contributed by atoms with Crippen LogP contribution in [0.4, 0.5) is 0 Å². The van der Waals surface area contributed by atoms with Gasteiger partial charge in [0.25, 0.3) is 5.91 Å². The van der Waals surface area contributed by atoms with E-state index in [9.17, 15) is 9.59 Å². The van der Waals surface area contributed by atoms with Crippen LogP contribution in [0.5, 0.6) is 0 Å². The summed E-state index contributed by atoms with van der Waals surface area (Å²) in [7, 11) is 0. The third-order valence-corrected chi connectivity index (χ3v) is 5.16. The molecule has 3 N–H and O–H groups in total. The number of rotatable bonds is 4. The Balaban J connectivity index is 1.78. The first kappa shape index (κ1) is 18.1. The smallest absolute Gasteiger partial charge is 0.252 e. The van der Waals surface area contributed by atoms with Gasteiger partial charge in [0, 0.05) is 17.5 Å². The predicted molar refractivity (Wildman–Crippen MR) is 102 cm³/mol. The molecule has 1 aliphatic rings. The van der Waals surface area contributed by atoms with Crippen LogP contribution in [-0.4, -0.2) is 22.3 Å². The number of aromatic nitrogens is 1. The van der Waals surface area contributed by atoms with E-state index >= 15 is 0 Å². The molecular weight excluding hydrogens is 326 g/mol. The van der Waals surface area contributed by atoms with Gasteiger partial charge in [0.1, 0.15) is 5.54 Å². The topological polar surface area (TPSA) is 85.1 Å². The molecule has 136 valence electrons. The Morgan fingerprint density at radius 2 is 1.65 bits per heavy atom. The summed E-state index contributed by atoms with van der Waals surface area (Å²) in [4.78, 5) is 29.0. The van der Waals surface area contributed by atoms with Crippen molar-refractivity contribution in [3.05, 3.63) is 53.9 Å². The van der Waals surface area contributed by atoms with Crippen molar-refractivity contribution in [3.63, 3.8) is 0 Å². The molecule has 0 bridgehead atoms. The van der Waals surface area contributed by atoms with Gasteiger partial charge in [-0.1, -0.05) is 37.8 Å². The predicted octanol–water partition coefficient (Wildman–Crippen LogP) is 3.37. The summed E-state index contributed by atoms with van der Waals surface area (Å²) in [6, 6.07) is 11.3. The van der Waals surface area contributed by atoms with Crippen LogP contribution in [0.3, 0.4) is 0 Å². The van der Waals surface area contributed by atoms with Gasteiger partial charge in [0.2, 0.25) is 5.91 Å². The van der Waals surface area contributed by atoms with Crippen molar-refractivity contribution in [3.8, 4) is 11.1 Å². The Hall–Kier alpha value is -2.69. The molecular formula is C21H25N3O2. The molecule has 0 unspecified atom stereocenters. The lowest BCUT2D eigenvalue weighted by Crippen LogP contribution is -2.57. The van der Waals surface area contributed by atoms with E-state index in [2.05, 4.69) is 10.3 Å². The highest BCUT2D eigenvalue weighted by atomic mass is 16.2. The van der Waals surface area contributed by atoms with Crippen LogP contribution < -0.4 is 11.1 Å². The molecule has 0 saturated heterocycles. The van der Waals surface area contributed by atoms with Crippen molar-refractivity contribution in [2.75, 3.05) is 0 Å². The normalized spacial score (nSPS) is 16.5. The number of carbonyl (C=O) groups excluding carboxylic acids is 2. The summed E-state index contributed by atoms with van der Waals surface area (Å²) in [5.41, 5.74) is 8.28. The molecule has 26 heavy (non-hydrogen) atoms. The molecule has 2 amide bonds. The first-order valence-corrected chi connectivity index (χ1v) is 9.16. The van der Waals surface area contributed by atoms with Gasteiger partial charge in [-0.25, -0.2) is 0 Å². The number of nitrogens with two attached hydrogens (primary N) is 1. The highest BCUT2D eigenvalue weighted by Crippen LogP contribution is 2.28. The van der Waals surface area contributed by atoms with Gasteiger partial charge < -0.3 is 11.1 Å². The number of hydrogen-bond donors (Lipinski definition) is 2. The van der Waals surface area contributed by atoms with E-state index in [1.54, 1.807) is 18.3 Å². The lowest BCUT2D eigenvalue weighted by atomic mass is 9.89. The number of nitrogens with one attached hydrogen (secondary N) is 1. The van der Waals surface area contributed by atoms with E-state index < -0.39 is 11.4 Å². The lowest BCUT2D eigenvalue weighted by Gasteiger charge is -2.30. The van der Waals surface area contributed by atoms with Crippen LogP contribution in [0.25, 0.3) is 11.1 Å². The summed E-state index contributed by atoms with van der Waals surface area (Å²) in [5.74, 6) is -0.681. The van der Waals surface area contributed by atoms with E-state index in [0.29, 0.717) is 18.4 Å². The zero-order valence-corrected chi connectivity index (χ0v) is 15.1. The molecule has 0 aliphatic heterocycles. The van der Waals surface area contributed by atoms with Crippen LogP contribution in [0, 0.1) is 6.92 Å². The van der Waals surface area contributed by atoms with Crippen LogP contribution in [0.1, 0.15) is 54.6 Å². The minimum atomic E-state index is -0.922. The second-order valence-corrected chi connectivity index (χ2v) is 7.08. The standard InChI is InChI=1S/C21H25N3O2/c1-15-14-18(10-13-23-15)16-6-8-17(9-7-16)19(25)24-21(20(22)26)11-4-2-3-5-12-21/h6-10,13-14H,2-5,11-12H2,1H3,(H2,22,26)(H,24,25). The monoisotopic (exact) mass is 351 g/mol. The molecule has 1 aromatic carbocycles. The fourth-order valence-corrected chi connectivity index (χ4v) is 3.59. The second-order valence-electron chi connectivity index (χ2n) is 7.08. The van der Waals surface area contributed by atoms with Gasteiger partial charge in [0.05, 0.1) is 0 Å². The van der Waals surface area contributed by atoms with Crippen molar-refractivity contribution < 1.29 is 9.59 Å². The van der Waals surface area contributed by atoms with Gasteiger partial charge in [-0.2, -0.15) is 0 Å². The van der Waals surface area contributed by atoms with E-state index in [1.165, 1.54) is 0 Å². The van der Waals surface area contributed by atoms with Crippen LogP contribution in [0.15, 0.2) is 42.6 Å². The highest BCUT2D eigenvalue weighted by molar-refractivity contribution is 5.99. The number of primary amides is 1. The Morgan fingerprint density at radius 3 is 2.23 bits per heavy atom. The third kappa shape index (κ3) is 3.93. The first-order valence-electron chi connectivity index (χ1n) is 9.16. The average molecular weight is 351 g/mol. The molecule has 3 rings (SSSR count). The molecule has 0 spiro atoms. The SMILES string of the molecule is Cc1cc(-c2ccc(C(=O)NC3(C(N)=O)CCCCCC3)cc2)ccn1. The average Bonchev–Trinajstić information content (AvgIpc) is 2.88. The summed E-state index contributed by atoms with van der Waals surface area (Å²) in [6.45, 7) is 1.95. The highest BCUT2D eigenvalue weighted by Gasteiger charge is 2.38. The zero-order chi connectivity index (χ0) is 18.6. The third-order valence-electron chi connectivity index (χ3n) is 5.16. The van der Waals surface area contributed by atoms with Gasteiger partial charge >= 0.3 is 0 Å². The quantitative estimate of drug-likeness (QED) is 0.828. The molecule has 5 nitrogen and oxygen atoms in total. The molecule has 5 heteroatoms. The zero-order valence-electron chi connectivity index (χ0n) is 15.1. The maximum absolute atomic E-state index is 12.7. The van der Waals surface area contributed by atoms with Crippen molar-refractivity contribution >= 4 is 11.8 Å². The van der Waals surface area contributed by atoms with Gasteiger partial charge in [-0.05, 0) is 55.2 Å². The Bertz CT molecular complexity index is 791. The molecule has 0 atom stereocenters. The minimum absolute atomic E-state index is 0.247. The summed E-state index contributed by atoms with van der Waals surface area (Å²) >= 11 is 0. The molecule has 0 radical (unpaired) electrons. The molecule has 1 aliphatic carbocycles. The number of amides is 2. The number of benzene rings is 1. The van der Waals surface area contributed by atoms with Crippen molar-refractivity contribution in [1.82, 2.24) is 10.3 Å². The maximum Gasteiger partial charge on any atom is 0.252 e. The van der Waals surface area contributed by atoms with Crippen molar-refractivity contribution in [2.24, 2.45) is 5.73 Å². The fraction of sp³-hybridized carbons (Fsp3) is 0.381. The summed E-state index contributed by atoms with van der Waals surface area (Å²) < 4.78 is 0. The molecule has 1 fully saturated rings. The van der Waals surface area contributed by atoms with Gasteiger partial charge in [-0.15, -0.1) is 0 Å². The fourth-order valence-electron chi connectivity index (χ4n) is 3.59. The molecule has 2 aromatic rings. The molecule has 1 heterocycles. The number of carbonyl (C=O) groups is 2. The molecule has 1 aromatic heterocycles. The van der Waals surface area contributed by atoms with Gasteiger partial charge in [-0.3, -0.25) is 14.6 Å². The molecule has 1 saturated carbocycles. The van der Waals surface area contributed by atoms with Crippen molar-refractivity contribution in [2.45, 2.75) is 51.0 Å². The number of aryl methyl sites for hydroxylation is 1. The first-order chi connectivity index (χ1) is 12.5. The summed E-state index contributed by atoms with van der Waals surface area (Å²) in [6.07, 6.45) is 6.96. The van der Waals surface area contributed by atoms with E-state index in [4.69, 9.17) is 5.73 Å². The minimum Gasteiger partial charge on any atom is -0.368 e. The van der Waals surface area contributed by atoms with Crippen molar-refractivity contribution in [1.29, 1.82) is 0 Å². The Kier molecular flexibility index (Phi) is 5.35. The van der Waals surface area contributed by atoms with Crippen LogP contribution in [0.2, 0.25) is 0 Å². The van der Waals surface area contributed by atoms with Gasteiger partial charge in [0.15, 0.2) is 0 Å². The van der Waals surface area contributed by atoms with E-state index in [1.807, 2.05) is 31.2 Å². The largest absolute Gasteiger partial charge is 0.368 e. The maximum atomic E-state index is 12.7. The second kappa shape index (κ2) is 7.68. The van der Waals surface area contributed by atoms with Crippen LogP contribution in [-0.2, 0) is 4.79 Å². The number of pyridine rings is 1. The number of nitrogens with zero attached hydrogens (tertiary/aromatic N) is 1. The van der Waals surface area contributed by atoms with E-state index in [0.717, 1.165) is 42.5 Å². The Morgan fingerprint density at radius 1 is 1.00 bits per heavy atom. The van der Waals surface area contributed by atoms with Crippen LogP contribution >= 0.6 is 0 Å². The summed E-state index contributed by atoms with van der Waals surface area (Å²) in [5, 5.41) is 2.93. The Labute approximate surface area is 154 Å². The lowest BCUT2D eigenvalue weighted by molar-refractivity contribution is -0.124. The van der Waals surface area contributed by atoms with E-state index in [-0.39, 0.29) is 5.91 Å².